The summed E-state index contributed by atoms with van der Waals surface area (Å²) in [6, 6.07) is 1.24. The van der Waals surface area contributed by atoms with Crippen LogP contribution in [0.1, 0.15) is 37.6 Å². The molecule has 0 unspecified atom stereocenters. The van der Waals surface area contributed by atoms with Crippen molar-refractivity contribution >= 4 is 17.5 Å². The van der Waals surface area contributed by atoms with Crippen molar-refractivity contribution in [2.75, 3.05) is 6.61 Å². The lowest BCUT2D eigenvalue weighted by atomic mass is 10.2. The molecule has 0 aliphatic heterocycles. The normalized spacial score (nSPS) is 12.3. The number of ether oxygens (including phenoxy) is 1. The van der Waals surface area contributed by atoms with Gasteiger partial charge in [-0.05, 0) is 26.3 Å². The Morgan fingerprint density at radius 2 is 2.26 bits per heavy atom. The average Bonchev–Trinajstić information content (AvgIpc) is 2.37. The zero-order chi connectivity index (χ0) is 14.4. The van der Waals surface area contributed by atoms with Crippen molar-refractivity contribution in [1.82, 2.24) is 10.3 Å². The van der Waals surface area contributed by atoms with Crippen LogP contribution in [0.2, 0.25) is 5.02 Å². The molecule has 0 aliphatic rings. The van der Waals surface area contributed by atoms with Gasteiger partial charge in [-0.25, -0.2) is 4.98 Å². The van der Waals surface area contributed by atoms with Gasteiger partial charge in [0.25, 0.3) is 5.91 Å². The largest absolute Gasteiger partial charge is 0.474 e. The molecule has 0 bridgehead atoms. The van der Waals surface area contributed by atoms with E-state index >= 15 is 0 Å². The number of carbonyl (C=O) groups excluding carboxylic acids is 1. The van der Waals surface area contributed by atoms with E-state index in [1.165, 1.54) is 12.3 Å². The van der Waals surface area contributed by atoms with Gasteiger partial charge in [0, 0.05) is 6.20 Å². The Morgan fingerprint density at radius 1 is 1.58 bits per heavy atom. The molecule has 0 saturated heterocycles. The molecule has 1 rings (SSSR count). The number of aliphatic hydroxyl groups is 1. The fraction of sp³-hybridized carbons (Fsp3) is 0.538. The third-order valence-electron chi connectivity index (χ3n) is 2.47. The molecular formula is C13H19ClN2O3. The van der Waals surface area contributed by atoms with Crippen molar-refractivity contribution in [3.05, 3.63) is 22.8 Å². The van der Waals surface area contributed by atoms with Gasteiger partial charge in [0.05, 0.1) is 24.3 Å². The topological polar surface area (TPSA) is 71.5 Å². The molecule has 19 heavy (non-hydrogen) atoms. The molecule has 1 atom stereocenters. The number of pyridine rings is 1. The maximum atomic E-state index is 11.9. The second kappa shape index (κ2) is 7.31. The number of hydrogen-bond acceptors (Lipinski definition) is 4. The number of rotatable bonds is 6. The third-order valence-corrected chi connectivity index (χ3v) is 2.74. The number of amides is 1. The maximum absolute atomic E-state index is 11.9. The molecular weight excluding hydrogens is 268 g/mol. The first-order chi connectivity index (χ1) is 8.97. The lowest BCUT2D eigenvalue weighted by molar-refractivity contribution is 0.0914. The van der Waals surface area contributed by atoms with Crippen LogP contribution in [-0.4, -0.2) is 34.8 Å². The van der Waals surface area contributed by atoms with Crippen LogP contribution in [0.3, 0.4) is 0 Å². The molecule has 0 saturated carbocycles. The Balaban J connectivity index is 2.79. The maximum Gasteiger partial charge on any atom is 0.253 e. The van der Waals surface area contributed by atoms with E-state index in [0.717, 1.165) is 0 Å². The van der Waals surface area contributed by atoms with Gasteiger partial charge < -0.3 is 15.2 Å². The molecule has 0 spiro atoms. The molecule has 106 valence electrons. The van der Waals surface area contributed by atoms with Crippen LogP contribution in [0.25, 0.3) is 0 Å². The standard InChI is InChI=1S/C13H19ClN2O3/c1-4-10(7-17)16-12(18)9-5-11(14)13(15-6-9)19-8(2)3/h5-6,8,10,17H,4,7H2,1-3H3,(H,16,18)/t10-/m0/s1. The fourth-order valence-corrected chi connectivity index (χ4v) is 1.62. The Hall–Kier alpha value is -1.33. The highest BCUT2D eigenvalue weighted by Crippen LogP contribution is 2.23. The molecule has 5 nitrogen and oxygen atoms in total. The van der Waals surface area contributed by atoms with Gasteiger partial charge >= 0.3 is 0 Å². The van der Waals surface area contributed by atoms with Crippen LogP contribution in [0.5, 0.6) is 5.88 Å². The van der Waals surface area contributed by atoms with E-state index in [9.17, 15) is 4.79 Å². The Morgan fingerprint density at radius 3 is 2.74 bits per heavy atom. The van der Waals surface area contributed by atoms with E-state index < -0.39 is 0 Å². The quantitative estimate of drug-likeness (QED) is 0.839. The van der Waals surface area contributed by atoms with Crippen molar-refractivity contribution in [3.63, 3.8) is 0 Å². The summed E-state index contributed by atoms with van der Waals surface area (Å²) in [5.41, 5.74) is 0.341. The van der Waals surface area contributed by atoms with E-state index in [0.29, 0.717) is 22.9 Å². The molecule has 2 N–H and O–H groups in total. The monoisotopic (exact) mass is 286 g/mol. The molecule has 1 aromatic rings. The SMILES string of the molecule is CC[C@@H](CO)NC(=O)c1cnc(OC(C)C)c(Cl)c1. The summed E-state index contributed by atoms with van der Waals surface area (Å²) >= 11 is 6.00. The van der Waals surface area contributed by atoms with Gasteiger partial charge in [0.15, 0.2) is 0 Å². The molecule has 0 aromatic carbocycles. The summed E-state index contributed by atoms with van der Waals surface area (Å²) in [7, 11) is 0. The first kappa shape index (κ1) is 15.7. The minimum absolute atomic E-state index is 0.0384. The molecule has 0 fully saturated rings. The van der Waals surface area contributed by atoms with Crippen molar-refractivity contribution in [2.24, 2.45) is 0 Å². The lowest BCUT2D eigenvalue weighted by Crippen LogP contribution is -2.36. The number of aromatic nitrogens is 1. The van der Waals surface area contributed by atoms with Crippen LogP contribution >= 0.6 is 11.6 Å². The van der Waals surface area contributed by atoms with E-state index in [-0.39, 0.29) is 24.7 Å². The van der Waals surface area contributed by atoms with Gasteiger partial charge in [0.2, 0.25) is 5.88 Å². The van der Waals surface area contributed by atoms with Crippen molar-refractivity contribution in [2.45, 2.75) is 39.3 Å². The predicted molar refractivity (Wildman–Crippen MR) is 73.6 cm³/mol. The second-order valence-electron chi connectivity index (χ2n) is 4.44. The Labute approximate surface area is 117 Å². The van der Waals surface area contributed by atoms with Crippen LogP contribution < -0.4 is 10.1 Å². The molecule has 0 radical (unpaired) electrons. The Bertz CT molecular complexity index is 434. The van der Waals surface area contributed by atoms with Gasteiger partial charge in [-0.2, -0.15) is 0 Å². The van der Waals surface area contributed by atoms with Crippen LogP contribution in [0.15, 0.2) is 12.3 Å². The zero-order valence-electron chi connectivity index (χ0n) is 11.3. The highest BCUT2D eigenvalue weighted by Gasteiger charge is 2.14. The molecule has 0 aliphatic carbocycles. The van der Waals surface area contributed by atoms with Gasteiger partial charge in [-0.3, -0.25) is 4.79 Å². The number of halogens is 1. The van der Waals surface area contributed by atoms with Gasteiger partial charge in [-0.15, -0.1) is 0 Å². The summed E-state index contributed by atoms with van der Waals surface area (Å²) in [5.74, 6) is -0.00573. The molecule has 1 aromatic heterocycles. The number of aliphatic hydroxyl groups excluding tert-OH is 1. The third kappa shape index (κ3) is 4.69. The average molecular weight is 287 g/mol. The van der Waals surface area contributed by atoms with E-state index in [1.54, 1.807) is 0 Å². The van der Waals surface area contributed by atoms with E-state index in [2.05, 4.69) is 10.3 Å². The second-order valence-corrected chi connectivity index (χ2v) is 4.85. The van der Waals surface area contributed by atoms with Crippen molar-refractivity contribution < 1.29 is 14.6 Å². The predicted octanol–water partition coefficient (Wildman–Crippen LogP) is 2.02. The summed E-state index contributed by atoms with van der Waals surface area (Å²) in [6.45, 7) is 5.52. The molecule has 1 amide bonds. The zero-order valence-corrected chi connectivity index (χ0v) is 12.1. The number of nitrogens with zero attached hydrogens (tertiary/aromatic N) is 1. The van der Waals surface area contributed by atoms with Crippen molar-refractivity contribution in [1.29, 1.82) is 0 Å². The summed E-state index contributed by atoms with van der Waals surface area (Å²) < 4.78 is 5.39. The van der Waals surface area contributed by atoms with Crippen LogP contribution in [0.4, 0.5) is 0 Å². The Kier molecular flexibility index (Phi) is 6.05. The van der Waals surface area contributed by atoms with E-state index in [4.69, 9.17) is 21.4 Å². The van der Waals surface area contributed by atoms with Crippen LogP contribution in [-0.2, 0) is 0 Å². The van der Waals surface area contributed by atoms with Crippen molar-refractivity contribution in [3.8, 4) is 5.88 Å². The number of hydrogen-bond donors (Lipinski definition) is 2. The first-order valence-corrected chi connectivity index (χ1v) is 6.59. The minimum Gasteiger partial charge on any atom is -0.474 e. The summed E-state index contributed by atoms with van der Waals surface area (Å²) in [4.78, 5) is 15.9. The molecule has 1 heterocycles. The van der Waals surface area contributed by atoms with Gasteiger partial charge in [0.1, 0.15) is 5.02 Å². The molecule has 6 heteroatoms. The first-order valence-electron chi connectivity index (χ1n) is 6.21. The lowest BCUT2D eigenvalue weighted by Gasteiger charge is -2.14. The number of nitrogens with one attached hydrogen (secondary N) is 1. The highest BCUT2D eigenvalue weighted by molar-refractivity contribution is 6.32. The smallest absolute Gasteiger partial charge is 0.253 e. The summed E-state index contributed by atoms with van der Waals surface area (Å²) in [6.07, 6.45) is 2.02. The number of carbonyl (C=O) groups is 1. The van der Waals surface area contributed by atoms with Gasteiger partial charge in [-0.1, -0.05) is 18.5 Å². The minimum atomic E-state index is -0.314. The fourth-order valence-electron chi connectivity index (χ4n) is 1.41. The highest BCUT2D eigenvalue weighted by atomic mass is 35.5. The van der Waals surface area contributed by atoms with E-state index in [1.807, 2.05) is 20.8 Å². The summed E-state index contributed by atoms with van der Waals surface area (Å²) in [5, 5.41) is 12.0. The van der Waals surface area contributed by atoms with Crippen LogP contribution in [0, 0.1) is 0 Å².